The zero-order valence-corrected chi connectivity index (χ0v) is 20.6. The van der Waals surface area contributed by atoms with Crippen molar-refractivity contribution in [2.24, 2.45) is 58.2 Å². The number of hydrogen-bond acceptors (Lipinski definition) is 2. The normalized spacial score (nSPS) is 48.1. The third kappa shape index (κ3) is 3.61. The molecule has 10 atom stereocenters. The van der Waals surface area contributed by atoms with Crippen molar-refractivity contribution < 1.29 is 9.90 Å². The van der Waals surface area contributed by atoms with Gasteiger partial charge in [0.1, 0.15) is 5.78 Å². The molecule has 0 aromatic carbocycles. The fourth-order valence-corrected chi connectivity index (χ4v) is 9.06. The van der Waals surface area contributed by atoms with E-state index in [0.29, 0.717) is 23.0 Å². The van der Waals surface area contributed by atoms with Gasteiger partial charge in [-0.3, -0.25) is 4.79 Å². The third-order valence-electron chi connectivity index (χ3n) is 11.4. The molecule has 0 aromatic heterocycles. The van der Waals surface area contributed by atoms with Crippen molar-refractivity contribution in [2.45, 2.75) is 112 Å². The standard InChI is InChI=1S/C28H48O2/c1-17(2)18(3)7-8-19(4)22-9-10-23-21-16-26(30)25-15-20(29)11-13-28(25,6)24(21)12-14-27(22,23)5/h17-25,29H,7-16H2,1-6H3/t18?,19-,20+,21+,22-,23+,24+,25-,27-,28-/m1/s1. The first-order valence-electron chi connectivity index (χ1n) is 13.3. The predicted octanol–water partition coefficient (Wildman–Crippen LogP) is 6.89. The van der Waals surface area contributed by atoms with Gasteiger partial charge in [0, 0.05) is 12.3 Å². The number of aliphatic hydroxyl groups excluding tert-OH is 1. The Morgan fingerprint density at radius 3 is 2.30 bits per heavy atom. The average molecular weight is 417 g/mol. The lowest BCUT2D eigenvalue weighted by Crippen LogP contribution is -2.57. The van der Waals surface area contributed by atoms with Gasteiger partial charge in [-0.25, -0.2) is 0 Å². The zero-order valence-electron chi connectivity index (χ0n) is 20.6. The second-order valence-corrected chi connectivity index (χ2v) is 13.0. The summed E-state index contributed by atoms with van der Waals surface area (Å²) in [5, 5.41) is 10.2. The number of Topliss-reactive ketones (excluding diaryl/α,β-unsaturated/α-hetero) is 1. The molecule has 172 valence electrons. The van der Waals surface area contributed by atoms with Crippen LogP contribution in [0.25, 0.3) is 0 Å². The van der Waals surface area contributed by atoms with Crippen LogP contribution in [-0.4, -0.2) is 17.0 Å². The molecule has 1 unspecified atom stereocenters. The maximum absolute atomic E-state index is 13.3. The molecule has 30 heavy (non-hydrogen) atoms. The molecule has 4 aliphatic rings. The Bertz CT molecular complexity index is 641. The molecule has 0 aliphatic heterocycles. The number of carbonyl (C=O) groups is 1. The quantitative estimate of drug-likeness (QED) is 0.529. The summed E-state index contributed by atoms with van der Waals surface area (Å²) in [6, 6.07) is 0. The number of ketones is 1. The van der Waals surface area contributed by atoms with Crippen molar-refractivity contribution in [3.63, 3.8) is 0 Å². The van der Waals surface area contributed by atoms with E-state index in [1.54, 1.807) is 0 Å². The second kappa shape index (κ2) is 8.20. The molecule has 4 fully saturated rings. The molecule has 2 nitrogen and oxygen atoms in total. The van der Waals surface area contributed by atoms with Gasteiger partial charge < -0.3 is 5.11 Å². The zero-order chi connectivity index (χ0) is 21.8. The lowest BCUT2D eigenvalue weighted by Gasteiger charge is -2.60. The van der Waals surface area contributed by atoms with Crippen LogP contribution in [0.4, 0.5) is 0 Å². The Hall–Kier alpha value is -0.370. The predicted molar refractivity (Wildman–Crippen MR) is 124 cm³/mol. The van der Waals surface area contributed by atoms with Gasteiger partial charge in [-0.15, -0.1) is 0 Å². The van der Waals surface area contributed by atoms with Gasteiger partial charge >= 0.3 is 0 Å². The molecule has 2 heteroatoms. The number of fused-ring (bicyclic) bond motifs is 5. The maximum Gasteiger partial charge on any atom is 0.136 e. The summed E-state index contributed by atoms with van der Waals surface area (Å²) >= 11 is 0. The van der Waals surface area contributed by atoms with E-state index in [2.05, 4.69) is 41.5 Å². The fraction of sp³-hybridized carbons (Fsp3) is 0.964. The summed E-state index contributed by atoms with van der Waals surface area (Å²) in [6.45, 7) is 14.7. The second-order valence-electron chi connectivity index (χ2n) is 13.0. The minimum Gasteiger partial charge on any atom is -0.393 e. The van der Waals surface area contributed by atoms with Crippen LogP contribution in [0.15, 0.2) is 0 Å². The Balaban J connectivity index is 1.50. The highest BCUT2D eigenvalue weighted by Gasteiger charge is 2.62. The molecule has 4 saturated carbocycles. The van der Waals surface area contributed by atoms with E-state index in [0.717, 1.165) is 55.3 Å². The van der Waals surface area contributed by atoms with E-state index < -0.39 is 0 Å². The van der Waals surface area contributed by atoms with Crippen molar-refractivity contribution in [3.8, 4) is 0 Å². The Morgan fingerprint density at radius 2 is 1.60 bits per heavy atom. The van der Waals surface area contributed by atoms with Crippen molar-refractivity contribution >= 4 is 5.78 Å². The first kappa shape index (κ1) is 22.8. The number of aliphatic hydroxyl groups is 1. The molecule has 0 saturated heterocycles. The highest BCUT2D eigenvalue weighted by atomic mass is 16.3. The molecular formula is C28H48O2. The summed E-state index contributed by atoms with van der Waals surface area (Å²) in [7, 11) is 0. The lowest BCUT2D eigenvalue weighted by molar-refractivity contribution is -0.160. The van der Waals surface area contributed by atoms with E-state index in [1.165, 1.54) is 38.5 Å². The van der Waals surface area contributed by atoms with Crippen LogP contribution in [0, 0.1) is 58.2 Å². The van der Waals surface area contributed by atoms with Crippen molar-refractivity contribution in [2.75, 3.05) is 0 Å². The summed E-state index contributed by atoms with van der Waals surface area (Å²) in [5.74, 6) is 5.95. The number of hydrogen-bond donors (Lipinski definition) is 1. The van der Waals surface area contributed by atoms with E-state index in [1.807, 2.05) is 0 Å². The molecule has 4 rings (SSSR count). The largest absolute Gasteiger partial charge is 0.393 e. The number of rotatable bonds is 5. The minimum absolute atomic E-state index is 0.125. The van der Waals surface area contributed by atoms with Gasteiger partial charge in [-0.2, -0.15) is 0 Å². The average Bonchev–Trinajstić information content (AvgIpc) is 3.04. The van der Waals surface area contributed by atoms with Crippen LogP contribution in [0.3, 0.4) is 0 Å². The monoisotopic (exact) mass is 416 g/mol. The summed E-state index contributed by atoms with van der Waals surface area (Å²) in [5.41, 5.74) is 0.594. The van der Waals surface area contributed by atoms with E-state index in [-0.39, 0.29) is 17.4 Å². The summed E-state index contributed by atoms with van der Waals surface area (Å²) in [4.78, 5) is 13.3. The topological polar surface area (TPSA) is 37.3 Å². The highest BCUT2D eigenvalue weighted by Crippen LogP contribution is 2.67. The van der Waals surface area contributed by atoms with Gasteiger partial charge in [-0.05, 0) is 97.2 Å². The first-order valence-corrected chi connectivity index (χ1v) is 13.3. The number of carbonyl (C=O) groups excluding carboxylic acids is 1. The van der Waals surface area contributed by atoms with Gasteiger partial charge in [0.2, 0.25) is 0 Å². The fourth-order valence-electron chi connectivity index (χ4n) is 9.06. The van der Waals surface area contributed by atoms with Gasteiger partial charge in [0.25, 0.3) is 0 Å². The van der Waals surface area contributed by atoms with Gasteiger partial charge in [-0.1, -0.05) is 54.4 Å². The SMILES string of the molecule is CC(C)C(C)CC[C@@H](C)[C@H]1CC[C@H]2[C@@H]3CC(=O)[C@H]4C[C@@H](O)CC[C@]4(C)[C@H]3CC[C@]12C. The highest BCUT2D eigenvalue weighted by molar-refractivity contribution is 5.83. The molecule has 4 aliphatic carbocycles. The van der Waals surface area contributed by atoms with Crippen molar-refractivity contribution in [1.29, 1.82) is 0 Å². The van der Waals surface area contributed by atoms with Crippen LogP contribution in [0.2, 0.25) is 0 Å². The van der Waals surface area contributed by atoms with Crippen LogP contribution in [0.5, 0.6) is 0 Å². The van der Waals surface area contributed by atoms with E-state index in [4.69, 9.17) is 0 Å². The van der Waals surface area contributed by atoms with Gasteiger partial charge in [0.05, 0.1) is 6.10 Å². The van der Waals surface area contributed by atoms with Crippen LogP contribution in [0.1, 0.15) is 106 Å². The molecule has 0 bridgehead atoms. The maximum atomic E-state index is 13.3. The summed E-state index contributed by atoms with van der Waals surface area (Å²) < 4.78 is 0. The minimum atomic E-state index is -0.248. The molecular weight excluding hydrogens is 368 g/mol. The van der Waals surface area contributed by atoms with Crippen molar-refractivity contribution in [1.82, 2.24) is 0 Å². The molecule has 0 amide bonds. The lowest BCUT2D eigenvalue weighted by atomic mass is 9.44. The Labute approximate surface area is 186 Å². The molecule has 0 aromatic rings. The summed E-state index contributed by atoms with van der Waals surface area (Å²) in [6.07, 6.45) is 11.4. The van der Waals surface area contributed by atoms with Crippen LogP contribution in [-0.2, 0) is 4.79 Å². The third-order valence-corrected chi connectivity index (χ3v) is 11.4. The Morgan fingerprint density at radius 1 is 0.933 bits per heavy atom. The van der Waals surface area contributed by atoms with Gasteiger partial charge in [0.15, 0.2) is 0 Å². The van der Waals surface area contributed by atoms with E-state index >= 15 is 0 Å². The van der Waals surface area contributed by atoms with Crippen LogP contribution < -0.4 is 0 Å². The molecule has 0 spiro atoms. The molecule has 0 heterocycles. The first-order chi connectivity index (χ1) is 14.1. The molecule has 1 N–H and O–H groups in total. The smallest absolute Gasteiger partial charge is 0.136 e. The van der Waals surface area contributed by atoms with Crippen LogP contribution >= 0.6 is 0 Å². The van der Waals surface area contributed by atoms with E-state index in [9.17, 15) is 9.90 Å². The van der Waals surface area contributed by atoms with Crippen molar-refractivity contribution in [3.05, 3.63) is 0 Å². The Kier molecular flexibility index (Phi) is 6.23. The molecule has 0 radical (unpaired) electrons.